The maximum atomic E-state index is 12.5. The summed E-state index contributed by atoms with van der Waals surface area (Å²) in [6.45, 7) is 3.24. The van der Waals surface area contributed by atoms with Crippen LogP contribution in [0.15, 0.2) is 48.5 Å². The van der Waals surface area contributed by atoms with Crippen molar-refractivity contribution in [1.82, 2.24) is 4.90 Å². The summed E-state index contributed by atoms with van der Waals surface area (Å²) in [7, 11) is 0. The Morgan fingerprint density at radius 2 is 1.86 bits per heavy atom. The molecule has 2 N–H and O–H groups in total. The van der Waals surface area contributed by atoms with Gasteiger partial charge in [-0.25, -0.2) is 0 Å². The number of rotatable bonds is 7. The van der Waals surface area contributed by atoms with Crippen molar-refractivity contribution in [3.05, 3.63) is 59.1 Å². The molecule has 1 heterocycles. The van der Waals surface area contributed by atoms with Crippen LogP contribution in [0.25, 0.3) is 0 Å². The van der Waals surface area contributed by atoms with Gasteiger partial charge in [0.25, 0.3) is 5.91 Å². The first kappa shape index (κ1) is 20.9. The molecule has 0 saturated carbocycles. The molecule has 0 aliphatic carbocycles. The van der Waals surface area contributed by atoms with Crippen molar-refractivity contribution in [3.63, 3.8) is 0 Å². The first-order chi connectivity index (χ1) is 14.0. The second-order valence-corrected chi connectivity index (χ2v) is 7.56. The topological polar surface area (TPSA) is 78.5 Å². The number of likely N-dealkylation sites (tertiary alicyclic amines) is 1. The second-order valence-electron chi connectivity index (χ2n) is 7.13. The third kappa shape index (κ3) is 5.57. The molecule has 29 heavy (non-hydrogen) atoms. The number of halogens is 1. The van der Waals surface area contributed by atoms with Gasteiger partial charge in [0, 0.05) is 41.5 Å². The number of unbranched alkanes of at least 4 members (excludes halogenated alkanes) is 1. The van der Waals surface area contributed by atoms with Crippen LogP contribution < -0.4 is 10.6 Å². The van der Waals surface area contributed by atoms with Crippen molar-refractivity contribution in [1.29, 1.82) is 0 Å². The van der Waals surface area contributed by atoms with E-state index < -0.39 is 0 Å². The van der Waals surface area contributed by atoms with Crippen LogP contribution in [0, 0.1) is 5.92 Å². The molecule has 152 valence electrons. The number of benzene rings is 2. The molecule has 0 aromatic heterocycles. The van der Waals surface area contributed by atoms with Crippen molar-refractivity contribution in [3.8, 4) is 0 Å². The highest BCUT2D eigenvalue weighted by molar-refractivity contribution is 6.31. The van der Waals surface area contributed by atoms with Crippen LogP contribution in [-0.4, -0.2) is 35.7 Å². The molecule has 6 nitrogen and oxygen atoms in total. The Hall–Kier alpha value is -2.86. The van der Waals surface area contributed by atoms with Gasteiger partial charge in [0.15, 0.2) is 0 Å². The first-order valence-electron chi connectivity index (χ1n) is 9.72. The molecular formula is C22H24ClN3O3. The van der Waals surface area contributed by atoms with E-state index in [0.717, 1.165) is 12.8 Å². The molecule has 1 atom stereocenters. The maximum absolute atomic E-state index is 12.5. The van der Waals surface area contributed by atoms with Gasteiger partial charge in [-0.15, -0.1) is 0 Å². The van der Waals surface area contributed by atoms with E-state index in [1.54, 1.807) is 53.4 Å². The smallest absolute Gasteiger partial charge is 0.255 e. The Morgan fingerprint density at radius 3 is 2.55 bits per heavy atom. The van der Waals surface area contributed by atoms with Crippen molar-refractivity contribution in [2.24, 2.45) is 5.92 Å². The highest BCUT2D eigenvalue weighted by atomic mass is 35.5. The van der Waals surface area contributed by atoms with Crippen LogP contribution in [0.1, 0.15) is 36.5 Å². The Bertz CT molecular complexity index is 898. The van der Waals surface area contributed by atoms with Gasteiger partial charge in [-0.2, -0.15) is 0 Å². The van der Waals surface area contributed by atoms with E-state index in [2.05, 4.69) is 17.6 Å². The molecule has 0 unspecified atom stereocenters. The summed E-state index contributed by atoms with van der Waals surface area (Å²) in [4.78, 5) is 38.6. The Morgan fingerprint density at radius 1 is 1.10 bits per heavy atom. The fraction of sp³-hybridized carbons (Fsp3) is 0.318. The van der Waals surface area contributed by atoms with Crippen molar-refractivity contribution in [2.45, 2.75) is 26.2 Å². The molecule has 7 heteroatoms. The van der Waals surface area contributed by atoms with Gasteiger partial charge in [0.2, 0.25) is 11.8 Å². The summed E-state index contributed by atoms with van der Waals surface area (Å²) in [6.07, 6.45) is 2.20. The van der Waals surface area contributed by atoms with E-state index in [1.807, 2.05) is 0 Å². The number of nitrogens with one attached hydrogen (secondary N) is 2. The molecular weight excluding hydrogens is 390 g/mol. The first-order valence-corrected chi connectivity index (χ1v) is 10.1. The number of carbonyl (C=O) groups is 3. The average Bonchev–Trinajstić information content (AvgIpc) is 3.07. The lowest BCUT2D eigenvalue weighted by atomic mass is 10.1. The Kier molecular flexibility index (Phi) is 6.88. The van der Waals surface area contributed by atoms with E-state index in [-0.39, 0.29) is 30.1 Å². The monoisotopic (exact) mass is 413 g/mol. The van der Waals surface area contributed by atoms with Crippen LogP contribution >= 0.6 is 11.6 Å². The van der Waals surface area contributed by atoms with Gasteiger partial charge in [0.1, 0.15) is 0 Å². The maximum Gasteiger partial charge on any atom is 0.255 e. The summed E-state index contributed by atoms with van der Waals surface area (Å²) >= 11 is 5.92. The molecule has 0 bridgehead atoms. The summed E-state index contributed by atoms with van der Waals surface area (Å²) in [5.74, 6) is -0.747. The lowest BCUT2D eigenvalue weighted by Crippen LogP contribution is -2.29. The van der Waals surface area contributed by atoms with Gasteiger partial charge >= 0.3 is 0 Å². The zero-order valence-corrected chi connectivity index (χ0v) is 17.0. The molecule has 0 radical (unpaired) electrons. The van der Waals surface area contributed by atoms with Crippen molar-refractivity contribution in [2.75, 3.05) is 23.7 Å². The SMILES string of the molecule is CCCCN1C[C@H](C(=O)Nc2ccc(C(=O)Nc3cccc(Cl)c3)cc2)CC1=O. The normalized spacial score (nSPS) is 16.0. The zero-order valence-electron chi connectivity index (χ0n) is 16.3. The van der Waals surface area contributed by atoms with E-state index >= 15 is 0 Å². The van der Waals surface area contributed by atoms with Crippen molar-refractivity contribution < 1.29 is 14.4 Å². The third-order valence-corrected chi connectivity index (χ3v) is 5.10. The standard InChI is InChI=1S/C22H24ClN3O3/c1-2-3-11-26-14-16(12-20(26)27)22(29)24-18-9-7-15(8-10-18)21(28)25-19-6-4-5-17(23)13-19/h4-10,13,16H,2-3,11-12,14H2,1H3,(H,24,29)(H,25,28)/t16-/m1/s1. The van der Waals surface area contributed by atoms with Gasteiger partial charge in [-0.3, -0.25) is 14.4 Å². The fourth-order valence-corrected chi connectivity index (χ4v) is 3.42. The molecule has 0 spiro atoms. The number of hydrogen-bond donors (Lipinski definition) is 2. The van der Waals surface area contributed by atoms with Gasteiger partial charge in [-0.05, 0) is 48.9 Å². The number of nitrogens with zero attached hydrogens (tertiary/aromatic N) is 1. The summed E-state index contributed by atoms with van der Waals surface area (Å²) in [6, 6.07) is 13.5. The van der Waals surface area contributed by atoms with Crippen LogP contribution in [0.3, 0.4) is 0 Å². The quantitative estimate of drug-likeness (QED) is 0.714. The molecule has 2 aromatic rings. The zero-order chi connectivity index (χ0) is 20.8. The third-order valence-electron chi connectivity index (χ3n) is 4.86. The summed E-state index contributed by atoms with van der Waals surface area (Å²) < 4.78 is 0. The number of amides is 3. The molecule has 3 amide bonds. The molecule has 1 fully saturated rings. The van der Waals surface area contributed by atoms with Crippen LogP contribution in [0.4, 0.5) is 11.4 Å². The minimum absolute atomic E-state index is 0.0339. The Labute approximate surface area is 175 Å². The number of carbonyl (C=O) groups excluding carboxylic acids is 3. The van der Waals surface area contributed by atoms with Gasteiger partial charge in [0.05, 0.1) is 5.92 Å². The van der Waals surface area contributed by atoms with Crippen molar-refractivity contribution >= 4 is 40.7 Å². The van der Waals surface area contributed by atoms with Gasteiger partial charge in [-0.1, -0.05) is 31.0 Å². The largest absolute Gasteiger partial charge is 0.342 e. The minimum Gasteiger partial charge on any atom is -0.342 e. The Balaban J connectivity index is 1.55. The minimum atomic E-state index is -0.342. The molecule has 3 rings (SSSR count). The van der Waals surface area contributed by atoms with Crippen LogP contribution in [0.5, 0.6) is 0 Å². The molecule has 1 aliphatic rings. The lowest BCUT2D eigenvalue weighted by molar-refractivity contribution is -0.128. The predicted octanol–water partition coefficient (Wildman–Crippen LogP) is 4.18. The number of anilines is 2. The van der Waals surface area contributed by atoms with Crippen LogP contribution in [-0.2, 0) is 9.59 Å². The highest BCUT2D eigenvalue weighted by Crippen LogP contribution is 2.21. The van der Waals surface area contributed by atoms with E-state index in [1.165, 1.54) is 0 Å². The fourth-order valence-electron chi connectivity index (χ4n) is 3.23. The van der Waals surface area contributed by atoms with E-state index in [9.17, 15) is 14.4 Å². The average molecular weight is 414 g/mol. The molecule has 1 saturated heterocycles. The van der Waals surface area contributed by atoms with E-state index in [4.69, 9.17) is 11.6 Å². The molecule has 2 aromatic carbocycles. The highest BCUT2D eigenvalue weighted by Gasteiger charge is 2.33. The summed E-state index contributed by atoms with van der Waals surface area (Å²) in [5.41, 5.74) is 1.66. The number of hydrogen-bond acceptors (Lipinski definition) is 3. The van der Waals surface area contributed by atoms with Gasteiger partial charge < -0.3 is 15.5 Å². The lowest BCUT2D eigenvalue weighted by Gasteiger charge is -2.16. The molecule has 1 aliphatic heterocycles. The predicted molar refractivity (Wildman–Crippen MR) is 114 cm³/mol. The summed E-state index contributed by atoms with van der Waals surface area (Å²) in [5, 5.41) is 6.16. The van der Waals surface area contributed by atoms with E-state index in [0.29, 0.717) is 35.1 Å². The second kappa shape index (κ2) is 9.56. The van der Waals surface area contributed by atoms with Crippen LogP contribution in [0.2, 0.25) is 5.02 Å².